The second-order valence-corrected chi connectivity index (χ2v) is 8.27. The van der Waals surface area contributed by atoms with Crippen molar-refractivity contribution in [1.82, 2.24) is 9.55 Å². The monoisotopic (exact) mass is 485 g/mol. The molecule has 2 aromatic carbocycles. The van der Waals surface area contributed by atoms with Gasteiger partial charge in [0.2, 0.25) is 5.91 Å². The van der Waals surface area contributed by atoms with Crippen LogP contribution in [-0.4, -0.2) is 15.5 Å². The number of anilines is 1. The van der Waals surface area contributed by atoms with Crippen LogP contribution in [0, 0.1) is 6.92 Å². The van der Waals surface area contributed by atoms with Crippen molar-refractivity contribution in [3.8, 4) is 0 Å². The van der Waals surface area contributed by atoms with Gasteiger partial charge in [0.05, 0.1) is 23.6 Å². The Labute approximate surface area is 197 Å². The maximum Gasteiger partial charge on any atom is 0.417 e. The molecule has 0 aliphatic rings. The molecule has 4 rings (SSSR count). The second-order valence-electron chi connectivity index (χ2n) is 7.86. The second kappa shape index (κ2) is 9.30. The maximum atomic E-state index is 13.1. The minimum absolute atomic E-state index is 0.170. The van der Waals surface area contributed by atoms with E-state index in [1.165, 1.54) is 6.07 Å². The number of carbonyl (C=O) groups is 1. The standard InChI is InChI=1S/C25H19ClF3N3O2/c1-15-5-6-17(13-30-15)14-32-10-9-18-19(24(32)34)3-2-4-22(18)31-23(33)12-16-7-8-21(26)20(11-16)25(27,28)29/h2-11,13H,12,14H2,1H3,(H,31,33). The third-order valence-electron chi connectivity index (χ3n) is 5.32. The van der Waals surface area contributed by atoms with Gasteiger partial charge >= 0.3 is 6.18 Å². The molecular formula is C25H19ClF3N3O2. The molecule has 2 aromatic heterocycles. The predicted molar refractivity (Wildman–Crippen MR) is 125 cm³/mol. The Bertz CT molecular complexity index is 1430. The van der Waals surface area contributed by atoms with E-state index in [-0.39, 0.29) is 17.5 Å². The highest BCUT2D eigenvalue weighted by Gasteiger charge is 2.33. The van der Waals surface area contributed by atoms with E-state index in [2.05, 4.69) is 10.3 Å². The maximum absolute atomic E-state index is 13.1. The molecule has 4 aromatic rings. The fourth-order valence-corrected chi connectivity index (χ4v) is 3.84. The highest BCUT2D eigenvalue weighted by atomic mass is 35.5. The number of benzene rings is 2. The first-order chi connectivity index (χ1) is 16.1. The minimum atomic E-state index is -4.62. The summed E-state index contributed by atoms with van der Waals surface area (Å²) in [4.78, 5) is 29.8. The number of amides is 1. The topological polar surface area (TPSA) is 64.0 Å². The van der Waals surface area contributed by atoms with Crippen molar-refractivity contribution in [2.45, 2.75) is 26.1 Å². The molecule has 9 heteroatoms. The largest absolute Gasteiger partial charge is 0.417 e. The Morgan fingerprint density at radius 1 is 1.06 bits per heavy atom. The number of aryl methyl sites for hydroxylation is 1. The molecule has 0 aliphatic heterocycles. The number of fused-ring (bicyclic) bond motifs is 1. The quantitative estimate of drug-likeness (QED) is 0.400. The zero-order chi connectivity index (χ0) is 24.5. The van der Waals surface area contributed by atoms with Gasteiger partial charge in [0.15, 0.2) is 0 Å². The summed E-state index contributed by atoms with van der Waals surface area (Å²) >= 11 is 5.64. The van der Waals surface area contributed by atoms with Crippen molar-refractivity contribution in [3.05, 3.63) is 105 Å². The van der Waals surface area contributed by atoms with Crippen LogP contribution in [0.1, 0.15) is 22.4 Å². The fourth-order valence-electron chi connectivity index (χ4n) is 3.62. The van der Waals surface area contributed by atoms with Crippen LogP contribution in [-0.2, 0) is 23.9 Å². The summed E-state index contributed by atoms with van der Waals surface area (Å²) in [6.07, 6.45) is -1.56. The summed E-state index contributed by atoms with van der Waals surface area (Å²) in [5.74, 6) is -0.516. The van der Waals surface area contributed by atoms with Crippen molar-refractivity contribution < 1.29 is 18.0 Å². The van der Waals surface area contributed by atoms with Crippen LogP contribution >= 0.6 is 11.6 Å². The average Bonchev–Trinajstić information content (AvgIpc) is 2.78. The number of rotatable bonds is 5. The molecule has 1 amide bonds. The average molecular weight is 486 g/mol. The minimum Gasteiger partial charge on any atom is -0.325 e. The van der Waals surface area contributed by atoms with E-state index in [0.717, 1.165) is 23.4 Å². The summed E-state index contributed by atoms with van der Waals surface area (Å²) < 4.78 is 40.8. The van der Waals surface area contributed by atoms with E-state index in [9.17, 15) is 22.8 Å². The number of nitrogens with zero attached hydrogens (tertiary/aromatic N) is 2. The lowest BCUT2D eigenvalue weighted by Gasteiger charge is -2.13. The summed E-state index contributed by atoms with van der Waals surface area (Å²) in [6, 6.07) is 13.8. The molecule has 5 nitrogen and oxygen atoms in total. The molecule has 0 spiro atoms. The van der Waals surface area contributed by atoms with Crippen LogP contribution in [0.4, 0.5) is 18.9 Å². The number of nitrogens with one attached hydrogen (secondary N) is 1. The molecule has 1 N–H and O–H groups in total. The Balaban J connectivity index is 1.57. The van der Waals surface area contributed by atoms with Crippen LogP contribution in [0.15, 0.2) is 71.8 Å². The fraction of sp³-hybridized carbons (Fsp3) is 0.160. The van der Waals surface area contributed by atoms with Crippen LogP contribution in [0.5, 0.6) is 0 Å². The van der Waals surface area contributed by atoms with E-state index in [1.807, 2.05) is 19.1 Å². The smallest absolute Gasteiger partial charge is 0.325 e. The number of hydrogen-bond donors (Lipinski definition) is 1. The first-order valence-electron chi connectivity index (χ1n) is 10.3. The van der Waals surface area contributed by atoms with Gasteiger partial charge in [-0.25, -0.2) is 0 Å². The van der Waals surface area contributed by atoms with E-state index in [4.69, 9.17) is 11.6 Å². The van der Waals surface area contributed by atoms with Gasteiger partial charge in [-0.05, 0) is 54.4 Å². The van der Waals surface area contributed by atoms with Crippen molar-refractivity contribution in [3.63, 3.8) is 0 Å². The van der Waals surface area contributed by atoms with Gasteiger partial charge in [0.25, 0.3) is 5.56 Å². The van der Waals surface area contributed by atoms with Gasteiger partial charge < -0.3 is 9.88 Å². The first kappa shape index (κ1) is 23.5. The molecule has 0 saturated carbocycles. The summed E-state index contributed by atoms with van der Waals surface area (Å²) in [6.45, 7) is 2.22. The van der Waals surface area contributed by atoms with Crippen molar-refractivity contribution in [2.75, 3.05) is 5.32 Å². The lowest BCUT2D eigenvalue weighted by atomic mass is 10.1. The van der Waals surface area contributed by atoms with Gasteiger partial charge in [-0.2, -0.15) is 13.2 Å². The van der Waals surface area contributed by atoms with E-state index < -0.39 is 22.7 Å². The molecule has 0 bridgehead atoms. The number of alkyl halides is 3. The van der Waals surface area contributed by atoms with Gasteiger partial charge in [0.1, 0.15) is 0 Å². The van der Waals surface area contributed by atoms with Crippen LogP contribution in [0.2, 0.25) is 5.02 Å². The van der Waals surface area contributed by atoms with E-state index in [0.29, 0.717) is 23.0 Å². The first-order valence-corrected chi connectivity index (χ1v) is 10.7. The number of pyridine rings is 2. The normalized spacial score (nSPS) is 11.6. The molecule has 0 aliphatic carbocycles. The zero-order valence-electron chi connectivity index (χ0n) is 18.0. The third-order valence-corrected chi connectivity index (χ3v) is 5.65. The van der Waals surface area contributed by atoms with E-state index >= 15 is 0 Å². The highest BCUT2D eigenvalue weighted by molar-refractivity contribution is 6.31. The van der Waals surface area contributed by atoms with Gasteiger partial charge in [-0.3, -0.25) is 14.6 Å². The predicted octanol–water partition coefficient (Wildman–Crippen LogP) is 5.61. The lowest BCUT2D eigenvalue weighted by Crippen LogP contribution is -2.21. The summed E-state index contributed by atoms with van der Waals surface area (Å²) in [7, 11) is 0. The summed E-state index contributed by atoms with van der Waals surface area (Å²) in [5.41, 5.74) is 1.09. The SMILES string of the molecule is Cc1ccc(Cn2ccc3c(NC(=O)Cc4ccc(Cl)c(C(F)(F)F)c4)cccc3c2=O)cn1. The molecule has 0 fully saturated rings. The Kier molecular flexibility index (Phi) is 6.43. The van der Waals surface area contributed by atoms with Gasteiger partial charge in [-0.1, -0.05) is 29.8 Å². The van der Waals surface area contributed by atoms with Crippen LogP contribution in [0.25, 0.3) is 10.8 Å². The van der Waals surface area contributed by atoms with Crippen LogP contribution in [0.3, 0.4) is 0 Å². The molecular weight excluding hydrogens is 467 g/mol. The Morgan fingerprint density at radius 2 is 1.82 bits per heavy atom. The Hall–Kier alpha value is -3.65. The van der Waals surface area contributed by atoms with Gasteiger partial charge in [0, 0.05) is 34.5 Å². The molecule has 0 unspecified atom stereocenters. The molecule has 174 valence electrons. The molecule has 0 saturated heterocycles. The van der Waals surface area contributed by atoms with E-state index in [1.54, 1.807) is 41.2 Å². The van der Waals surface area contributed by atoms with Crippen molar-refractivity contribution in [2.24, 2.45) is 0 Å². The van der Waals surface area contributed by atoms with Crippen molar-refractivity contribution >= 4 is 34.0 Å². The molecule has 0 atom stereocenters. The molecule has 34 heavy (non-hydrogen) atoms. The van der Waals surface area contributed by atoms with Gasteiger partial charge in [-0.15, -0.1) is 0 Å². The number of carbonyl (C=O) groups excluding carboxylic acids is 1. The number of hydrogen-bond acceptors (Lipinski definition) is 3. The molecule has 2 heterocycles. The lowest BCUT2D eigenvalue weighted by molar-refractivity contribution is -0.137. The number of aromatic nitrogens is 2. The summed E-state index contributed by atoms with van der Waals surface area (Å²) in [5, 5.41) is 3.21. The van der Waals surface area contributed by atoms with Crippen LogP contribution < -0.4 is 10.9 Å². The zero-order valence-corrected chi connectivity index (χ0v) is 18.7. The van der Waals surface area contributed by atoms with Crippen molar-refractivity contribution in [1.29, 1.82) is 0 Å². The third kappa shape index (κ3) is 5.12. The molecule has 0 radical (unpaired) electrons. The number of halogens is 4. The highest BCUT2D eigenvalue weighted by Crippen LogP contribution is 2.35. The Morgan fingerprint density at radius 3 is 2.53 bits per heavy atom.